The Morgan fingerprint density at radius 1 is 1.24 bits per heavy atom. The molecule has 2 aromatic rings. The molecule has 1 N–H and O–H groups in total. The van der Waals surface area contributed by atoms with Gasteiger partial charge >= 0.3 is 0 Å². The van der Waals surface area contributed by atoms with Gasteiger partial charge in [0.15, 0.2) is 0 Å². The highest BCUT2D eigenvalue weighted by molar-refractivity contribution is 5.24. The summed E-state index contributed by atoms with van der Waals surface area (Å²) in [5, 5.41) is 7.38. The van der Waals surface area contributed by atoms with Crippen molar-refractivity contribution in [3.05, 3.63) is 53.4 Å². The molecule has 3 heteroatoms. The van der Waals surface area contributed by atoms with Gasteiger partial charge in [-0.1, -0.05) is 41.9 Å². The van der Waals surface area contributed by atoms with Crippen LogP contribution in [0.15, 0.2) is 41.1 Å². The number of hydrogen-bond donors (Lipinski definition) is 1. The monoisotopic (exact) mass is 230 g/mol. The first kappa shape index (κ1) is 11.9. The molecule has 0 aliphatic carbocycles. The lowest BCUT2D eigenvalue weighted by atomic mass is 10.0. The van der Waals surface area contributed by atoms with Gasteiger partial charge in [0.2, 0.25) is 0 Å². The van der Waals surface area contributed by atoms with Crippen molar-refractivity contribution in [3.8, 4) is 0 Å². The van der Waals surface area contributed by atoms with E-state index >= 15 is 0 Å². The van der Waals surface area contributed by atoms with Crippen LogP contribution in [0.25, 0.3) is 0 Å². The summed E-state index contributed by atoms with van der Waals surface area (Å²) in [6.45, 7) is 5.02. The van der Waals surface area contributed by atoms with Crippen LogP contribution in [0.2, 0.25) is 0 Å². The van der Waals surface area contributed by atoms with Crippen LogP contribution in [0.1, 0.15) is 36.2 Å². The molecule has 0 spiro atoms. The van der Waals surface area contributed by atoms with Gasteiger partial charge in [0.1, 0.15) is 6.26 Å². The molecular formula is C14H18N2O. The zero-order valence-corrected chi connectivity index (χ0v) is 10.3. The van der Waals surface area contributed by atoms with E-state index in [0.717, 1.165) is 18.7 Å². The van der Waals surface area contributed by atoms with E-state index in [-0.39, 0.29) is 0 Å². The Balaban J connectivity index is 1.99. The van der Waals surface area contributed by atoms with Crippen LogP contribution in [-0.2, 0) is 6.54 Å². The second-order valence-corrected chi connectivity index (χ2v) is 4.24. The number of nitrogens with zero attached hydrogens (tertiary/aromatic N) is 1. The maximum atomic E-state index is 4.81. The summed E-state index contributed by atoms with van der Waals surface area (Å²) < 4.78 is 4.81. The summed E-state index contributed by atoms with van der Waals surface area (Å²) in [7, 11) is 0. The Hall–Kier alpha value is -1.61. The number of aromatic nitrogens is 1. The minimum absolute atomic E-state index is 0.368. The smallest absolute Gasteiger partial charge is 0.124 e. The average molecular weight is 230 g/mol. The molecule has 1 heterocycles. The topological polar surface area (TPSA) is 38.1 Å². The molecule has 1 aromatic heterocycles. The van der Waals surface area contributed by atoms with Gasteiger partial charge in [-0.3, -0.25) is 0 Å². The van der Waals surface area contributed by atoms with Crippen LogP contribution in [-0.4, -0.2) is 5.16 Å². The molecule has 1 aromatic carbocycles. The minimum Gasteiger partial charge on any atom is -0.364 e. The maximum Gasteiger partial charge on any atom is 0.124 e. The summed E-state index contributed by atoms with van der Waals surface area (Å²) in [6.07, 6.45) is 2.66. The molecule has 3 nitrogen and oxygen atoms in total. The van der Waals surface area contributed by atoms with E-state index in [0.29, 0.717) is 6.04 Å². The molecule has 0 aliphatic rings. The fourth-order valence-corrected chi connectivity index (χ4v) is 1.85. The molecule has 0 bridgehead atoms. The Morgan fingerprint density at radius 3 is 2.59 bits per heavy atom. The minimum atomic E-state index is 0.368. The van der Waals surface area contributed by atoms with Crippen molar-refractivity contribution in [1.82, 2.24) is 10.5 Å². The Labute approximate surface area is 102 Å². The number of hydrogen-bond acceptors (Lipinski definition) is 3. The van der Waals surface area contributed by atoms with Crippen LogP contribution in [0.3, 0.4) is 0 Å². The average Bonchev–Trinajstić information content (AvgIpc) is 2.85. The highest BCUT2D eigenvalue weighted by Gasteiger charge is 2.08. The Kier molecular flexibility index (Phi) is 3.94. The number of nitrogens with one attached hydrogen (secondary N) is 1. The molecule has 0 radical (unpaired) electrons. The predicted octanol–water partition coefficient (Wildman–Crippen LogP) is 3.22. The van der Waals surface area contributed by atoms with Crippen molar-refractivity contribution in [2.45, 2.75) is 32.9 Å². The third-order valence-corrected chi connectivity index (χ3v) is 2.91. The zero-order chi connectivity index (χ0) is 12.1. The number of benzene rings is 1. The van der Waals surface area contributed by atoms with Gasteiger partial charge in [0.05, 0.1) is 5.69 Å². The highest BCUT2D eigenvalue weighted by Crippen LogP contribution is 2.17. The quantitative estimate of drug-likeness (QED) is 0.857. The van der Waals surface area contributed by atoms with E-state index in [1.54, 1.807) is 6.26 Å². The fourth-order valence-electron chi connectivity index (χ4n) is 1.85. The van der Waals surface area contributed by atoms with E-state index in [4.69, 9.17) is 4.52 Å². The van der Waals surface area contributed by atoms with Crippen LogP contribution >= 0.6 is 0 Å². The van der Waals surface area contributed by atoms with Crippen LogP contribution < -0.4 is 5.32 Å². The largest absolute Gasteiger partial charge is 0.364 e. The fraction of sp³-hybridized carbons (Fsp3) is 0.357. The van der Waals surface area contributed by atoms with E-state index in [1.165, 1.54) is 11.1 Å². The van der Waals surface area contributed by atoms with Gasteiger partial charge in [0.25, 0.3) is 0 Å². The number of aryl methyl sites for hydroxylation is 1. The van der Waals surface area contributed by atoms with Crippen molar-refractivity contribution in [3.63, 3.8) is 0 Å². The molecule has 0 saturated carbocycles. The van der Waals surface area contributed by atoms with Gasteiger partial charge in [0, 0.05) is 18.7 Å². The lowest BCUT2D eigenvalue weighted by molar-refractivity contribution is 0.403. The predicted molar refractivity (Wildman–Crippen MR) is 67.6 cm³/mol. The third kappa shape index (κ3) is 3.17. The van der Waals surface area contributed by atoms with Crippen LogP contribution in [0.4, 0.5) is 0 Å². The zero-order valence-electron chi connectivity index (χ0n) is 10.3. The highest BCUT2D eigenvalue weighted by atomic mass is 16.5. The van der Waals surface area contributed by atoms with Gasteiger partial charge < -0.3 is 9.84 Å². The molecule has 1 unspecified atom stereocenters. The molecule has 2 rings (SSSR count). The first-order valence-corrected chi connectivity index (χ1v) is 5.99. The van der Waals surface area contributed by atoms with Crippen molar-refractivity contribution in [1.29, 1.82) is 0 Å². The van der Waals surface area contributed by atoms with Crippen molar-refractivity contribution < 1.29 is 4.52 Å². The molecular weight excluding hydrogens is 212 g/mol. The molecule has 0 aliphatic heterocycles. The van der Waals surface area contributed by atoms with Gasteiger partial charge in [-0.05, 0) is 18.9 Å². The van der Waals surface area contributed by atoms with Crippen LogP contribution in [0, 0.1) is 6.92 Å². The van der Waals surface area contributed by atoms with Gasteiger partial charge in [-0.25, -0.2) is 0 Å². The number of rotatable bonds is 5. The second-order valence-electron chi connectivity index (χ2n) is 4.24. The summed E-state index contributed by atoms with van der Waals surface area (Å²) in [6, 6.07) is 10.9. The molecule has 17 heavy (non-hydrogen) atoms. The molecule has 0 saturated heterocycles. The standard InChI is InChI=1S/C14H18N2O/c1-3-14(12-6-4-11(2)5-7-12)15-10-13-8-9-17-16-13/h4-9,14-15H,3,10H2,1-2H3. The molecule has 1 atom stereocenters. The summed E-state index contributed by atoms with van der Waals surface area (Å²) in [4.78, 5) is 0. The van der Waals surface area contributed by atoms with E-state index in [9.17, 15) is 0 Å². The van der Waals surface area contributed by atoms with E-state index in [1.807, 2.05) is 6.07 Å². The van der Waals surface area contributed by atoms with Crippen molar-refractivity contribution >= 4 is 0 Å². The molecule has 90 valence electrons. The first-order chi connectivity index (χ1) is 8.29. The van der Waals surface area contributed by atoms with Crippen molar-refractivity contribution in [2.24, 2.45) is 0 Å². The SMILES string of the molecule is CCC(NCc1ccon1)c1ccc(C)cc1. The summed E-state index contributed by atoms with van der Waals surface area (Å²) >= 11 is 0. The van der Waals surface area contributed by atoms with Crippen LogP contribution in [0.5, 0.6) is 0 Å². The Bertz CT molecular complexity index is 434. The normalized spacial score (nSPS) is 12.6. The maximum absolute atomic E-state index is 4.81. The summed E-state index contributed by atoms with van der Waals surface area (Å²) in [5.74, 6) is 0. The van der Waals surface area contributed by atoms with Crippen molar-refractivity contribution in [2.75, 3.05) is 0 Å². The van der Waals surface area contributed by atoms with Gasteiger partial charge in [-0.15, -0.1) is 0 Å². The van der Waals surface area contributed by atoms with E-state index < -0.39 is 0 Å². The van der Waals surface area contributed by atoms with Gasteiger partial charge in [-0.2, -0.15) is 0 Å². The Morgan fingerprint density at radius 2 is 2.00 bits per heavy atom. The van der Waals surface area contributed by atoms with E-state index in [2.05, 4.69) is 48.6 Å². The second kappa shape index (κ2) is 5.64. The molecule has 0 fully saturated rings. The first-order valence-electron chi connectivity index (χ1n) is 5.99. The summed E-state index contributed by atoms with van der Waals surface area (Å²) in [5.41, 5.74) is 3.55. The lowest BCUT2D eigenvalue weighted by Crippen LogP contribution is -2.20. The third-order valence-electron chi connectivity index (χ3n) is 2.91. The molecule has 0 amide bonds. The lowest BCUT2D eigenvalue weighted by Gasteiger charge is -2.16.